The third-order valence-corrected chi connectivity index (χ3v) is 6.26. The Morgan fingerprint density at radius 1 is 0.800 bits per heavy atom. The molecule has 2 aromatic carbocycles. The van der Waals surface area contributed by atoms with E-state index in [4.69, 9.17) is 0 Å². The fraction of sp³-hybridized carbons (Fsp3) is 0.429. The van der Waals surface area contributed by atoms with Gasteiger partial charge < -0.3 is 0 Å². The highest BCUT2D eigenvalue weighted by atomic mass is 15.2. The average Bonchev–Trinajstić information content (AvgIpc) is 2.78. The van der Waals surface area contributed by atoms with Crippen molar-refractivity contribution < 1.29 is 0 Å². The number of benzene rings is 2. The van der Waals surface area contributed by atoms with Crippen LogP contribution in [0.3, 0.4) is 0 Å². The van der Waals surface area contributed by atoms with Gasteiger partial charge in [-0.1, -0.05) is 80.8 Å². The zero-order chi connectivity index (χ0) is 21.0. The minimum atomic E-state index is 0.736. The van der Waals surface area contributed by atoms with Gasteiger partial charge in [-0.25, -0.2) is 0 Å². The van der Waals surface area contributed by atoms with Crippen molar-refractivity contribution in [3.05, 3.63) is 83.4 Å². The van der Waals surface area contributed by atoms with Crippen molar-refractivity contribution in [2.24, 2.45) is 16.1 Å². The van der Waals surface area contributed by atoms with Gasteiger partial charge in [0.05, 0.1) is 12.4 Å². The molecule has 30 heavy (non-hydrogen) atoms. The van der Waals surface area contributed by atoms with E-state index in [0.717, 1.165) is 35.8 Å². The molecule has 3 rings (SSSR count). The highest BCUT2D eigenvalue weighted by molar-refractivity contribution is 5.82. The van der Waals surface area contributed by atoms with Crippen molar-refractivity contribution >= 4 is 12.4 Å². The summed E-state index contributed by atoms with van der Waals surface area (Å²) >= 11 is 0. The van der Waals surface area contributed by atoms with Gasteiger partial charge in [-0.15, -0.1) is 6.58 Å². The molecule has 1 aliphatic rings. The van der Waals surface area contributed by atoms with Gasteiger partial charge in [0.25, 0.3) is 0 Å². The lowest BCUT2D eigenvalue weighted by Gasteiger charge is -2.26. The number of rotatable bonds is 10. The number of aryl methyl sites for hydroxylation is 1. The van der Waals surface area contributed by atoms with E-state index < -0.39 is 0 Å². The van der Waals surface area contributed by atoms with Crippen LogP contribution in [-0.2, 0) is 6.42 Å². The maximum absolute atomic E-state index is 4.23. The molecule has 0 amide bonds. The summed E-state index contributed by atoms with van der Waals surface area (Å²) in [7, 11) is 0. The number of unbranched alkanes of at least 4 members (excludes halogenated alkanes) is 3. The normalized spacial score (nSPS) is 19.5. The Bertz CT molecular complexity index is 807. The molecule has 0 atom stereocenters. The first-order valence-electron chi connectivity index (χ1n) is 11.6. The fourth-order valence-corrected chi connectivity index (χ4v) is 4.21. The van der Waals surface area contributed by atoms with Crippen LogP contribution in [-0.4, -0.2) is 12.4 Å². The topological polar surface area (TPSA) is 24.7 Å². The monoisotopic (exact) mass is 400 g/mol. The molecule has 0 N–H and O–H groups in total. The van der Waals surface area contributed by atoms with Crippen LogP contribution >= 0.6 is 0 Å². The summed E-state index contributed by atoms with van der Waals surface area (Å²) in [6, 6.07) is 17.5. The molecule has 0 heterocycles. The summed E-state index contributed by atoms with van der Waals surface area (Å²) in [6.45, 7) is 6.15. The van der Waals surface area contributed by atoms with Crippen molar-refractivity contribution in [1.29, 1.82) is 0 Å². The lowest BCUT2D eigenvalue weighted by molar-refractivity contribution is 0.348. The van der Waals surface area contributed by atoms with E-state index in [1.807, 2.05) is 18.5 Å². The van der Waals surface area contributed by atoms with Crippen LogP contribution in [0.2, 0.25) is 0 Å². The Kier molecular flexibility index (Phi) is 9.08. The maximum Gasteiger partial charge on any atom is 0.0568 e. The Labute approximate surface area is 182 Å². The zero-order valence-electron chi connectivity index (χ0n) is 18.5. The van der Waals surface area contributed by atoms with Gasteiger partial charge in [-0.05, 0) is 72.6 Å². The molecule has 1 fully saturated rings. The predicted molar refractivity (Wildman–Crippen MR) is 131 cm³/mol. The van der Waals surface area contributed by atoms with Crippen molar-refractivity contribution in [3.63, 3.8) is 0 Å². The lowest BCUT2D eigenvalue weighted by atomic mass is 9.79. The van der Waals surface area contributed by atoms with E-state index in [-0.39, 0.29) is 0 Å². The van der Waals surface area contributed by atoms with Gasteiger partial charge in [-0.2, -0.15) is 10.2 Å². The molecule has 2 heteroatoms. The second-order valence-corrected chi connectivity index (χ2v) is 8.74. The van der Waals surface area contributed by atoms with E-state index in [0.29, 0.717) is 0 Å². The molecule has 0 bridgehead atoms. The summed E-state index contributed by atoms with van der Waals surface area (Å²) in [4.78, 5) is 0. The Morgan fingerprint density at radius 3 is 2.00 bits per heavy atom. The molecule has 0 aliphatic heterocycles. The second kappa shape index (κ2) is 12.3. The summed E-state index contributed by atoms with van der Waals surface area (Å²) in [6.07, 6.45) is 17.1. The molecule has 2 aromatic rings. The quantitative estimate of drug-likeness (QED) is 0.169. The van der Waals surface area contributed by atoms with Crippen LogP contribution in [0, 0.1) is 5.92 Å². The largest absolute Gasteiger partial charge is 0.159 e. The Hall–Kier alpha value is -2.48. The van der Waals surface area contributed by atoms with Crippen molar-refractivity contribution in [2.45, 2.75) is 70.6 Å². The Morgan fingerprint density at radius 2 is 1.40 bits per heavy atom. The average molecular weight is 401 g/mol. The van der Waals surface area contributed by atoms with Crippen LogP contribution in [0.1, 0.15) is 86.5 Å². The van der Waals surface area contributed by atoms with E-state index in [1.165, 1.54) is 56.1 Å². The highest BCUT2D eigenvalue weighted by Gasteiger charge is 2.19. The second-order valence-electron chi connectivity index (χ2n) is 8.74. The lowest BCUT2D eigenvalue weighted by Crippen LogP contribution is -2.10. The van der Waals surface area contributed by atoms with E-state index in [1.54, 1.807) is 0 Å². The first-order chi connectivity index (χ1) is 14.7. The third kappa shape index (κ3) is 7.40. The van der Waals surface area contributed by atoms with E-state index in [2.05, 4.69) is 72.2 Å². The molecular weight excluding hydrogens is 364 g/mol. The Balaban J connectivity index is 1.43. The summed E-state index contributed by atoms with van der Waals surface area (Å²) in [5.74, 6) is 1.63. The molecule has 0 unspecified atom stereocenters. The van der Waals surface area contributed by atoms with Gasteiger partial charge in [0.15, 0.2) is 0 Å². The van der Waals surface area contributed by atoms with Crippen LogP contribution in [0.25, 0.3) is 0 Å². The third-order valence-electron chi connectivity index (χ3n) is 6.26. The number of nitrogens with zero attached hydrogens (tertiary/aromatic N) is 2. The molecule has 0 spiro atoms. The van der Waals surface area contributed by atoms with Crippen LogP contribution in [0.5, 0.6) is 0 Å². The van der Waals surface area contributed by atoms with Crippen LogP contribution < -0.4 is 0 Å². The number of allylic oxidation sites excluding steroid dienone is 1. The van der Waals surface area contributed by atoms with Gasteiger partial charge in [0.1, 0.15) is 0 Å². The molecule has 1 saturated carbocycles. The van der Waals surface area contributed by atoms with E-state index in [9.17, 15) is 0 Å². The first kappa shape index (κ1) is 22.2. The van der Waals surface area contributed by atoms with E-state index >= 15 is 0 Å². The van der Waals surface area contributed by atoms with Crippen LogP contribution in [0.15, 0.2) is 71.4 Å². The molecule has 0 radical (unpaired) electrons. The first-order valence-corrected chi connectivity index (χ1v) is 11.6. The van der Waals surface area contributed by atoms with Gasteiger partial charge in [-0.3, -0.25) is 0 Å². The van der Waals surface area contributed by atoms with Crippen molar-refractivity contribution in [2.75, 3.05) is 0 Å². The van der Waals surface area contributed by atoms with Crippen molar-refractivity contribution in [3.8, 4) is 0 Å². The SMILES string of the molecule is C=CCCCCCc1ccc(C=NN=Cc2ccc([C@H]3CC[C@H](C)CC3)cc2)cc1. The molecule has 2 nitrogen and oxygen atoms in total. The van der Waals surface area contributed by atoms with Crippen LogP contribution in [0.4, 0.5) is 0 Å². The minimum absolute atomic E-state index is 0.736. The molecule has 1 aliphatic carbocycles. The smallest absolute Gasteiger partial charge is 0.0568 e. The molecule has 158 valence electrons. The summed E-state index contributed by atoms with van der Waals surface area (Å²) in [5.41, 5.74) is 5.06. The number of hydrogen-bond acceptors (Lipinski definition) is 2. The molecule has 0 aromatic heterocycles. The molecule has 0 saturated heterocycles. The van der Waals surface area contributed by atoms with Crippen molar-refractivity contribution in [1.82, 2.24) is 0 Å². The van der Waals surface area contributed by atoms with Gasteiger partial charge >= 0.3 is 0 Å². The zero-order valence-corrected chi connectivity index (χ0v) is 18.5. The maximum atomic E-state index is 4.23. The summed E-state index contributed by atoms with van der Waals surface area (Å²) in [5, 5.41) is 8.44. The predicted octanol–water partition coefficient (Wildman–Crippen LogP) is 7.72. The molecular formula is C28H36N2. The van der Waals surface area contributed by atoms with Gasteiger partial charge in [0, 0.05) is 0 Å². The minimum Gasteiger partial charge on any atom is -0.159 e. The highest BCUT2D eigenvalue weighted by Crippen LogP contribution is 2.35. The fourth-order valence-electron chi connectivity index (χ4n) is 4.21. The number of hydrogen-bond donors (Lipinski definition) is 0. The van der Waals surface area contributed by atoms with Gasteiger partial charge in [0.2, 0.25) is 0 Å². The standard InChI is InChI=1S/C28H36N2/c1-3-4-5-6-7-8-24-11-13-25(14-12-24)21-29-30-22-26-15-19-28(20-16-26)27-17-9-23(2)10-18-27/h3,11-16,19-23,27H,1,4-10,17-18H2,2H3/t23-,27-. The summed E-state index contributed by atoms with van der Waals surface area (Å²) < 4.78 is 0.